The van der Waals surface area contributed by atoms with E-state index in [2.05, 4.69) is 16.4 Å². The molecule has 2 aliphatic rings. The first-order chi connectivity index (χ1) is 15.6. The smallest absolute Gasteiger partial charge is 0.257 e. The molecule has 3 aromatic rings. The van der Waals surface area contributed by atoms with E-state index in [0.717, 1.165) is 16.8 Å². The van der Waals surface area contributed by atoms with Crippen molar-refractivity contribution in [3.8, 4) is 5.75 Å². The molecule has 0 unspecified atom stereocenters. The molecule has 162 valence electrons. The van der Waals surface area contributed by atoms with Crippen LogP contribution in [0.3, 0.4) is 0 Å². The number of hydrogen-bond donors (Lipinski definition) is 2. The second-order valence-electron chi connectivity index (χ2n) is 7.93. The average molecular weight is 446 g/mol. The number of methoxy groups -OCH3 is 1. The van der Waals surface area contributed by atoms with Crippen LogP contribution in [0.4, 0.5) is 5.82 Å². The number of thioether (sulfide) groups is 1. The van der Waals surface area contributed by atoms with E-state index in [1.165, 1.54) is 11.8 Å². The molecule has 0 amide bonds. The monoisotopic (exact) mass is 445 g/mol. The van der Waals surface area contributed by atoms with Crippen molar-refractivity contribution in [3.05, 3.63) is 93.4 Å². The minimum atomic E-state index is -0.422. The van der Waals surface area contributed by atoms with Crippen molar-refractivity contribution in [1.29, 1.82) is 0 Å². The number of anilines is 1. The number of carbonyl (C=O) groups excluding carboxylic acids is 1. The van der Waals surface area contributed by atoms with E-state index in [4.69, 9.17) is 9.72 Å². The number of carbonyl (C=O) groups is 1. The summed E-state index contributed by atoms with van der Waals surface area (Å²) in [6.07, 6.45) is 3.22. The van der Waals surface area contributed by atoms with Gasteiger partial charge in [0.05, 0.1) is 18.6 Å². The number of ether oxygens (including phenoxy) is 1. The third-order valence-electron chi connectivity index (χ3n) is 5.95. The van der Waals surface area contributed by atoms with Crippen LogP contribution in [-0.2, 0) is 10.5 Å². The molecule has 0 saturated carbocycles. The minimum absolute atomic E-state index is 0.135. The highest BCUT2D eigenvalue weighted by molar-refractivity contribution is 7.98. The van der Waals surface area contributed by atoms with Gasteiger partial charge in [-0.05, 0) is 29.7 Å². The maximum atomic E-state index is 13.3. The third kappa shape index (κ3) is 3.84. The highest BCUT2D eigenvalue weighted by atomic mass is 32.2. The van der Waals surface area contributed by atoms with Crippen molar-refractivity contribution >= 4 is 23.4 Å². The Morgan fingerprint density at radius 2 is 1.94 bits per heavy atom. The van der Waals surface area contributed by atoms with E-state index in [1.54, 1.807) is 7.11 Å². The number of rotatable bonds is 5. The quantitative estimate of drug-likeness (QED) is 0.445. The van der Waals surface area contributed by atoms with Crippen LogP contribution in [0.1, 0.15) is 35.4 Å². The van der Waals surface area contributed by atoms with E-state index in [-0.39, 0.29) is 11.3 Å². The molecule has 0 radical (unpaired) electrons. The van der Waals surface area contributed by atoms with E-state index >= 15 is 0 Å². The zero-order valence-electron chi connectivity index (χ0n) is 17.6. The lowest BCUT2D eigenvalue weighted by atomic mass is 9.72. The maximum Gasteiger partial charge on any atom is 0.257 e. The van der Waals surface area contributed by atoms with Gasteiger partial charge in [-0.25, -0.2) is 4.98 Å². The lowest BCUT2D eigenvalue weighted by Gasteiger charge is -2.36. The molecule has 2 N–H and O–H groups in total. The number of hydrogen-bond acceptors (Lipinski definition) is 6. The fraction of sp³-hybridized carbons (Fsp3) is 0.240. The summed E-state index contributed by atoms with van der Waals surface area (Å²) in [6, 6.07) is 17.6. The summed E-state index contributed by atoms with van der Waals surface area (Å²) in [7, 11) is 1.61. The molecule has 0 bridgehead atoms. The van der Waals surface area contributed by atoms with Gasteiger partial charge in [0.1, 0.15) is 17.4 Å². The lowest BCUT2D eigenvalue weighted by Crippen LogP contribution is -2.38. The molecule has 1 aromatic heterocycles. The summed E-state index contributed by atoms with van der Waals surface area (Å²) in [6.45, 7) is 0. The lowest BCUT2D eigenvalue weighted by molar-refractivity contribution is -0.122. The number of aromatic amines is 1. The zero-order valence-corrected chi connectivity index (χ0v) is 18.4. The van der Waals surface area contributed by atoms with Gasteiger partial charge >= 0.3 is 0 Å². The van der Waals surface area contributed by atoms with Crippen LogP contribution in [0.15, 0.2) is 76.3 Å². The van der Waals surface area contributed by atoms with Gasteiger partial charge in [-0.2, -0.15) is 0 Å². The molecule has 2 heterocycles. The largest absolute Gasteiger partial charge is 0.497 e. The molecule has 6 nitrogen and oxygen atoms in total. The Balaban J connectivity index is 1.58. The molecule has 2 atom stereocenters. The summed E-state index contributed by atoms with van der Waals surface area (Å²) >= 11 is 1.48. The maximum absolute atomic E-state index is 13.3. The van der Waals surface area contributed by atoms with Crippen molar-refractivity contribution in [2.45, 2.75) is 29.7 Å². The molecule has 7 heteroatoms. The van der Waals surface area contributed by atoms with Crippen molar-refractivity contribution in [1.82, 2.24) is 9.97 Å². The second kappa shape index (κ2) is 8.67. The second-order valence-corrected chi connectivity index (χ2v) is 8.89. The van der Waals surface area contributed by atoms with Crippen molar-refractivity contribution in [2.24, 2.45) is 5.92 Å². The van der Waals surface area contributed by atoms with Gasteiger partial charge in [0.2, 0.25) is 0 Å². The average Bonchev–Trinajstić information content (AvgIpc) is 2.82. The fourth-order valence-corrected chi connectivity index (χ4v) is 5.27. The molecular formula is C25H23N3O3S. The summed E-state index contributed by atoms with van der Waals surface area (Å²) < 4.78 is 5.40. The molecule has 2 aromatic carbocycles. The number of Topliss-reactive ketones (excluding diaryl/α,β-unsaturated/α-hetero) is 1. The molecular weight excluding hydrogens is 422 g/mol. The predicted octanol–water partition coefficient (Wildman–Crippen LogP) is 4.49. The van der Waals surface area contributed by atoms with E-state index < -0.39 is 11.8 Å². The number of H-pyrrole nitrogens is 1. The molecule has 0 spiro atoms. The van der Waals surface area contributed by atoms with Crippen molar-refractivity contribution in [2.75, 3.05) is 12.4 Å². The Bertz CT molecular complexity index is 1250. The minimum Gasteiger partial charge on any atom is -0.497 e. The van der Waals surface area contributed by atoms with E-state index in [1.807, 2.05) is 54.6 Å². The zero-order chi connectivity index (χ0) is 22.1. The van der Waals surface area contributed by atoms with Gasteiger partial charge in [-0.3, -0.25) is 9.59 Å². The molecule has 1 aliphatic heterocycles. The SMILES string of the molecule is COc1cccc([C@H]2c3c(nc(SCc4ccccc4)[nH]c3=O)NC3=CCCC(=O)[C@@H]32)c1. The first-order valence-electron chi connectivity index (χ1n) is 10.6. The Hall–Kier alpha value is -3.32. The first-order valence-corrected chi connectivity index (χ1v) is 11.6. The van der Waals surface area contributed by atoms with Gasteiger partial charge in [-0.1, -0.05) is 60.3 Å². The number of ketones is 1. The Morgan fingerprint density at radius 1 is 1.09 bits per heavy atom. The number of allylic oxidation sites excluding steroid dienone is 2. The van der Waals surface area contributed by atoms with Gasteiger partial charge in [-0.15, -0.1) is 0 Å². The van der Waals surface area contributed by atoms with Crippen LogP contribution >= 0.6 is 11.8 Å². The summed E-state index contributed by atoms with van der Waals surface area (Å²) in [5.41, 5.74) is 3.14. The van der Waals surface area contributed by atoms with E-state index in [9.17, 15) is 9.59 Å². The van der Waals surface area contributed by atoms with Crippen LogP contribution in [0.2, 0.25) is 0 Å². The van der Waals surface area contributed by atoms with Crippen LogP contribution < -0.4 is 15.6 Å². The van der Waals surface area contributed by atoms with Gasteiger partial charge in [0, 0.05) is 23.8 Å². The third-order valence-corrected chi connectivity index (χ3v) is 6.89. The van der Waals surface area contributed by atoms with Gasteiger partial charge in [0.15, 0.2) is 5.16 Å². The van der Waals surface area contributed by atoms with Gasteiger partial charge in [0.25, 0.3) is 5.56 Å². The number of nitrogens with zero attached hydrogens (tertiary/aromatic N) is 1. The first kappa shape index (κ1) is 20.6. The number of benzene rings is 2. The van der Waals surface area contributed by atoms with E-state index in [0.29, 0.717) is 40.9 Å². The number of fused-ring (bicyclic) bond motifs is 2. The molecule has 5 rings (SSSR count). The summed E-state index contributed by atoms with van der Waals surface area (Å²) in [4.78, 5) is 33.9. The Morgan fingerprint density at radius 3 is 2.75 bits per heavy atom. The molecule has 0 fully saturated rings. The summed E-state index contributed by atoms with van der Waals surface area (Å²) in [5.74, 6) is 1.21. The Labute approximate surface area is 190 Å². The highest BCUT2D eigenvalue weighted by Gasteiger charge is 2.42. The molecule has 0 saturated heterocycles. The highest BCUT2D eigenvalue weighted by Crippen LogP contribution is 2.45. The van der Waals surface area contributed by atoms with Gasteiger partial charge < -0.3 is 15.0 Å². The van der Waals surface area contributed by atoms with Crippen LogP contribution in [0.5, 0.6) is 5.75 Å². The van der Waals surface area contributed by atoms with Crippen LogP contribution in [0.25, 0.3) is 0 Å². The van der Waals surface area contributed by atoms with Crippen LogP contribution in [-0.4, -0.2) is 22.9 Å². The van der Waals surface area contributed by atoms with Crippen molar-refractivity contribution < 1.29 is 9.53 Å². The molecule has 32 heavy (non-hydrogen) atoms. The number of aromatic nitrogens is 2. The number of nitrogens with one attached hydrogen (secondary N) is 2. The van der Waals surface area contributed by atoms with Crippen LogP contribution in [0, 0.1) is 5.92 Å². The standard InChI is InChI=1S/C25H23N3O3S/c1-31-17-10-5-9-16(13-17)20-21-18(11-6-12-19(21)29)26-23-22(20)24(30)28-25(27-23)32-14-15-7-3-2-4-8-15/h2-5,7-11,13,20-21H,6,12,14H2,1H3,(H2,26,27,28,30)/t20-,21-/m1/s1. The fourth-order valence-electron chi connectivity index (χ4n) is 4.46. The molecule has 1 aliphatic carbocycles. The normalized spacial score (nSPS) is 19.4. The summed E-state index contributed by atoms with van der Waals surface area (Å²) in [5, 5.41) is 3.85. The van der Waals surface area contributed by atoms with Crippen molar-refractivity contribution in [3.63, 3.8) is 0 Å². The predicted molar refractivity (Wildman–Crippen MR) is 125 cm³/mol. The Kier molecular flexibility index (Phi) is 5.57. The topological polar surface area (TPSA) is 84.1 Å².